The molecule has 1 aliphatic heterocycles. The Hall–Kier alpha value is -1.55. The molecule has 0 bridgehead atoms. The van der Waals surface area contributed by atoms with E-state index in [2.05, 4.69) is 35.4 Å². The van der Waals surface area contributed by atoms with Crippen molar-refractivity contribution < 1.29 is 4.74 Å². The van der Waals surface area contributed by atoms with Crippen LogP contribution in [0, 0.1) is 5.41 Å². The second-order valence-electron chi connectivity index (χ2n) is 6.28. The molecular formula is C16H23N3O. The third-order valence-electron chi connectivity index (χ3n) is 4.30. The van der Waals surface area contributed by atoms with Gasteiger partial charge in [0.1, 0.15) is 0 Å². The van der Waals surface area contributed by atoms with Gasteiger partial charge in [-0.15, -0.1) is 0 Å². The van der Waals surface area contributed by atoms with Crippen molar-refractivity contribution in [3.8, 4) is 0 Å². The van der Waals surface area contributed by atoms with Gasteiger partial charge in [-0.2, -0.15) is 0 Å². The summed E-state index contributed by atoms with van der Waals surface area (Å²) in [5.74, 6) is 0.496. The Morgan fingerprint density at radius 1 is 1.40 bits per heavy atom. The summed E-state index contributed by atoms with van der Waals surface area (Å²) < 4.78 is 5.43. The number of aliphatic imine (C=N–C) groups is 1. The van der Waals surface area contributed by atoms with Gasteiger partial charge in [-0.25, -0.2) is 0 Å². The number of nitrogens with zero attached hydrogens (tertiary/aromatic N) is 1. The second kappa shape index (κ2) is 5.44. The monoisotopic (exact) mass is 273 g/mol. The predicted molar refractivity (Wildman–Crippen MR) is 82.1 cm³/mol. The zero-order valence-electron chi connectivity index (χ0n) is 12.1. The molecule has 1 saturated heterocycles. The Morgan fingerprint density at radius 2 is 2.25 bits per heavy atom. The number of anilines is 1. The second-order valence-corrected chi connectivity index (χ2v) is 6.28. The van der Waals surface area contributed by atoms with Crippen LogP contribution in [0.2, 0.25) is 0 Å². The van der Waals surface area contributed by atoms with Gasteiger partial charge in [0.25, 0.3) is 0 Å². The number of benzene rings is 1. The van der Waals surface area contributed by atoms with Gasteiger partial charge in [0, 0.05) is 17.7 Å². The van der Waals surface area contributed by atoms with E-state index in [4.69, 9.17) is 10.5 Å². The first kappa shape index (κ1) is 13.4. The van der Waals surface area contributed by atoms with Gasteiger partial charge in [0.05, 0.1) is 13.2 Å². The first-order valence-electron chi connectivity index (χ1n) is 7.41. The standard InChI is InChI=1S/C16H23N3O/c1-16(7-8-20-11-16)10-18-15(17)19-14-6-5-12-3-2-4-13(12)9-14/h5-6,9H,2-4,7-8,10-11H2,1H3,(H3,17,18,19). The van der Waals surface area contributed by atoms with Gasteiger partial charge >= 0.3 is 0 Å². The first-order valence-corrected chi connectivity index (χ1v) is 7.41. The normalized spacial score (nSPS) is 25.8. The van der Waals surface area contributed by atoms with Crippen LogP contribution in [-0.2, 0) is 17.6 Å². The third-order valence-corrected chi connectivity index (χ3v) is 4.30. The summed E-state index contributed by atoms with van der Waals surface area (Å²) in [5, 5.41) is 3.20. The molecule has 1 fully saturated rings. The smallest absolute Gasteiger partial charge is 0.193 e. The van der Waals surface area contributed by atoms with E-state index >= 15 is 0 Å². The minimum Gasteiger partial charge on any atom is -0.381 e. The van der Waals surface area contributed by atoms with Crippen LogP contribution in [0.25, 0.3) is 0 Å². The highest BCUT2D eigenvalue weighted by Crippen LogP contribution is 2.28. The molecule has 1 aliphatic carbocycles. The fourth-order valence-corrected chi connectivity index (χ4v) is 2.95. The van der Waals surface area contributed by atoms with Crippen molar-refractivity contribution in [2.45, 2.75) is 32.6 Å². The van der Waals surface area contributed by atoms with Gasteiger partial charge in [-0.1, -0.05) is 13.0 Å². The number of hydrogen-bond donors (Lipinski definition) is 2. The van der Waals surface area contributed by atoms with Crippen LogP contribution in [-0.4, -0.2) is 25.7 Å². The Balaban J connectivity index is 1.62. The van der Waals surface area contributed by atoms with Crippen LogP contribution < -0.4 is 11.1 Å². The fourth-order valence-electron chi connectivity index (χ4n) is 2.95. The van der Waals surface area contributed by atoms with Gasteiger partial charge in [0.2, 0.25) is 0 Å². The molecule has 1 atom stereocenters. The van der Waals surface area contributed by atoms with Crippen LogP contribution in [0.4, 0.5) is 5.69 Å². The van der Waals surface area contributed by atoms with Crippen LogP contribution in [0.15, 0.2) is 23.2 Å². The van der Waals surface area contributed by atoms with Crippen LogP contribution in [0.3, 0.4) is 0 Å². The summed E-state index contributed by atoms with van der Waals surface area (Å²) in [6.07, 6.45) is 4.71. The van der Waals surface area contributed by atoms with Crippen molar-refractivity contribution in [1.82, 2.24) is 0 Å². The highest BCUT2D eigenvalue weighted by molar-refractivity contribution is 5.92. The maximum atomic E-state index is 5.99. The molecule has 20 heavy (non-hydrogen) atoms. The van der Waals surface area contributed by atoms with E-state index in [1.54, 1.807) is 0 Å². The number of nitrogens with one attached hydrogen (secondary N) is 1. The average molecular weight is 273 g/mol. The third kappa shape index (κ3) is 2.96. The first-order chi connectivity index (χ1) is 9.65. The van der Waals surface area contributed by atoms with Gasteiger partial charge in [0.15, 0.2) is 5.96 Å². The van der Waals surface area contributed by atoms with E-state index < -0.39 is 0 Å². The van der Waals surface area contributed by atoms with Crippen LogP contribution in [0.1, 0.15) is 30.9 Å². The molecule has 0 saturated carbocycles. The molecule has 0 radical (unpaired) electrons. The Morgan fingerprint density at radius 3 is 3.05 bits per heavy atom. The molecule has 1 unspecified atom stereocenters. The van der Waals surface area contributed by atoms with Crippen molar-refractivity contribution in [2.75, 3.05) is 25.1 Å². The predicted octanol–water partition coefficient (Wildman–Crippen LogP) is 2.33. The van der Waals surface area contributed by atoms with E-state index in [0.717, 1.165) is 31.9 Å². The van der Waals surface area contributed by atoms with E-state index in [-0.39, 0.29) is 5.41 Å². The van der Waals surface area contributed by atoms with E-state index in [0.29, 0.717) is 5.96 Å². The maximum Gasteiger partial charge on any atom is 0.193 e. The Kier molecular flexibility index (Phi) is 3.66. The lowest BCUT2D eigenvalue weighted by atomic mass is 9.90. The lowest BCUT2D eigenvalue weighted by molar-refractivity contribution is 0.163. The number of ether oxygens (including phenoxy) is 1. The number of guanidine groups is 1. The SMILES string of the molecule is CC1(CN=C(N)Nc2ccc3c(c2)CCC3)CCOC1. The van der Waals surface area contributed by atoms with Crippen LogP contribution >= 0.6 is 0 Å². The minimum absolute atomic E-state index is 0.143. The van der Waals surface area contributed by atoms with Gasteiger partial charge in [-0.3, -0.25) is 4.99 Å². The number of aryl methyl sites for hydroxylation is 2. The van der Waals surface area contributed by atoms with Crippen molar-refractivity contribution in [2.24, 2.45) is 16.1 Å². The van der Waals surface area contributed by atoms with Crippen molar-refractivity contribution in [3.05, 3.63) is 29.3 Å². The fraction of sp³-hybridized carbons (Fsp3) is 0.562. The molecule has 0 amide bonds. The summed E-state index contributed by atoms with van der Waals surface area (Å²) in [7, 11) is 0. The lowest BCUT2D eigenvalue weighted by Gasteiger charge is -2.18. The summed E-state index contributed by atoms with van der Waals surface area (Å²) in [6, 6.07) is 6.49. The highest BCUT2D eigenvalue weighted by Gasteiger charge is 2.29. The average Bonchev–Trinajstić information content (AvgIpc) is 3.05. The van der Waals surface area contributed by atoms with Gasteiger partial charge in [-0.05, 0) is 48.9 Å². The van der Waals surface area contributed by atoms with E-state index in [1.165, 1.54) is 30.4 Å². The quantitative estimate of drug-likeness (QED) is 0.656. The highest BCUT2D eigenvalue weighted by atomic mass is 16.5. The van der Waals surface area contributed by atoms with E-state index in [1.807, 2.05) is 0 Å². The molecule has 3 rings (SSSR count). The van der Waals surface area contributed by atoms with Crippen molar-refractivity contribution in [1.29, 1.82) is 0 Å². The zero-order chi connectivity index (χ0) is 14.0. The lowest BCUT2D eigenvalue weighted by Crippen LogP contribution is -2.27. The number of hydrogen-bond acceptors (Lipinski definition) is 2. The molecule has 108 valence electrons. The van der Waals surface area contributed by atoms with Crippen LogP contribution in [0.5, 0.6) is 0 Å². The molecule has 1 heterocycles. The van der Waals surface area contributed by atoms with Crippen molar-refractivity contribution >= 4 is 11.6 Å². The molecule has 0 aromatic heterocycles. The number of fused-ring (bicyclic) bond motifs is 1. The summed E-state index contributed by atoms with van der Waals surface area (Å²) in [6.45, 7) is 4.54. The number of rotatable bonds is 3. The Labute approximate surface area is 120 Å². The van der Waals surface area contributed by atoms with Gasteiger partial charge < -0.3 is 15.8 Å². The topological polar surface area (TPSA) is 59.6 Å². The summed E-state index contributed by atoms with van der Waals surface area (Å²) >= 11 is 0. The molecule has 4 heteroatoms. The zero-order valence-corrected chi connectivity index (χ0v) is 12.1. The Bertz CT molecular complexity index is 518. The molecule has 4 nitrogen and oxygen atoms in total. The molecule has 3 N–H and O–H groups in total. The molecule has 1 aromatic carbocycles. The largest absolute Gasteiger partial charge is 0.381 e. The summed E-state index contributed by atoms with van der Waals surface area (Å²) in [5.41, 5.74) is 10.1. The maximum absolute atomic E-state index is 5.99. The minimum atomic E-state index is 0.143. The molecule has 2 aliphatic rings. The number of nitrogens with two attached hydrogens (primary N) is 1. The molecule has 1 aromatic rings. The van der Waals surface area contributed by atoms with E-state index in [9.17, 15) is 0 Å². The van der Waals surface area contributed by atoms with Crippen molar-refractivity contribution in [3.63, 3.8) is 0 Å². The summed E-state index contributed by atoms with van der Waals surface area (Å²) in [4.78, 5) is 4.47. The molecular weight excluding hydrogens is 250 g/mol. The molecule has 0 spiro atoms.